The van der Waals surface area contributed by atoms with Crippen LogP contribution in [-0.2, 0) is 26.9 Å². The Hall–Kier alpha value is -3.33. The molecule has 7 nitrogen and oxygen atoms in total. The number of aromatic nitrogens is 1. The molecule has 1 aromatic heterocycles. The Balaban J connectivity index is 1.94. The summed E-state index contributed by atoms with van der Waals surface area (Å²) in [6.07, 6.45) is -3.05. The summed E-state index contributed by atoms with van der Waals surface area (Å²) < 4.78 is 59.7. The minimum absolute atomic E-state index is 0.136. The Kier molecular flexibility index (Phi) is 7.31. The van der Waals surface area contributed by atoms with Crippen molar-refractivity contribution in [3.05, 3.63) is 53.1 Å². The third-order valence-corrected chi connectivity index (χ3v) is 6.20. The number of benzene rings is 1. The number of anilines is 2. The number of halogens is 4. The largest absolute Gasteiger partial charge is 0.469 e. The van der Waals surface area contributed by atoms with Crippen LogP contribution < -0.4 is 9.80 Å². The van der Waals surface area contributed by atoms with Crippen LogP contribution in [0.4, 0.5) is 28.9 Å². The van der Waals surface area contributed by atoms with Gasteiger partial charge in [0.25, 0.3) is 5.91 Å². The molecule has 0 aliphatic carbocycles. The average Bonchev–Trinajstić information content (AvgIpc) is 2.97. The maximum atomic E-state index is 14.8. The Morgan fingerprint density at radius 1 is 1.29 bits per heavy atom. The van der Waals surface area contributed by atoms with Crippen molar-refractivity contribution < 1.29 is 31.9 Å². The number of carbonyl (C=O) groups is 2. The van der Waals surface area contributed by atoms with Gasteiger partial charge in [-0.1, -0.05) is 6.07 Å². The first-order valence-electron chi connectivity index (χ1n) is 10.5. The molecule has 1 aliphatic rings. The number of thiol groups is 1. The van der Waals surface area contributed by atoms with Gasteiger partial charge in [0.05, 0.1) is 24.6 Å². The van der Waals surface area contributed by atoms with Crippen molar-refractivity contribution in [3.8, 4) is 6.07 Å². The second-order valence-corrected chi connectivity index (χ2v) is 8.82. The number of nitrogens with zero attached hydrogens (tertiary/aromatic N) is 4. The minimum Gasteiger partial charge on any atom is -0.469 e. The molecule has 1 fully saturated rings. The van der Waals surface area contributed by atoms with E-state index in [0.717, 1.165) is 11.1 Å². The molecule has 1 aliphatic heterocycles. The van der Waals surface area contributed by atoms with Crippen molar-refractivity contribution in [3.63, 3.8) is 0 Å². The van der Waals surface area contributed by atoms with Crippen molar-refractivity contribution in [2.75, 3.05) is 16.9 Å². The number of alkyl halides is 3. The first-order chi connectivity index (χ1) is 16.3. The van der Waals surface area contributed by atoms with Crippen molar-refractivity contribution in [2.24, 2.45) is 0 Å². The van der Waals surface area contributed by atoms with Crippen molar-refractivity contribution in [1.29, 1.82) is 5.26 Å². The van der Waals surface area contributed by atoms with Crippen molar-refractivity contribution in [2.45, 2.75) is 50.3 Å². The molecule has 0 saturated carbocycles. The van der Waals surface area contributed by atoms with Crippen LogP contribution in [0, 0.1) is 17.1 Å². The van der Waals surface area contributed by atoms with Crippen LogP contribution in [0.25, 0.3) is 0 Å². The van der Waals surface area contributed by atoms with Gasteiger partial charge in [-0.15, -0.1) is 12.6 Å². The molecule has 12 heteroatoms. The molecule has 0 spiro atoms. The van der Waals surface area contributed by atoms with Gasteiger partial charge < -0.3 is 9.64 Å². The molecule has 0 bridgehead atoms. The molecule has 1 amide bonds. The summed E-state index contributed by atoms with van der Waals surface area (Å²) in [5.41, 5.74) is -4.02. The maximum absolute atomic E-state index is 14.8. The van der Waals surface area contributed by atoms with E-state index in [2.05, 4.69) is 22.3 Å². The van der Waals surface area contributed by atoms with Gasteiger partial charge in [-0.2, -0.15) is 18.4 Å². The topological polar surface area (TPSA) is 86.5 Å². The lowest BCUT2D eigenvalue weighted by molar-refractivity contribution is -0.140. The van der Waals surface area contributed by atoms with Crippen LogP contribution in [0.5, 0.6) is 0 Å². The normalized spacial score (nSPS) is 17.5. The molecule has 1 unspecified atom stereocenters. The molecule has 1 atom stereocenters. The first kappa shape index (κ1) is 26.3. The second-order valence-electron chi connectivity index (χ2n) is 8.36. The monoisotopic (exact) mass is 510 g/mol. The van der Waals surface area contributed by atoms with Gasteiger partial charge in [-0.25, -0.2) is 9.37 Å². The van der Waals surface area contributed by atoms with Crippen molar-refractivity contribution in [1.82, 2.24) is 4.98 Å². The van der Waals surface area contributed by atoms with E-state index < -0.39 is 46.2 Å². The average molecular weight is 511 g/mol. The zero-order chi connectivity index (χ0) is 26.1. The van der Waals surface area contributed by atoms with Gasteiger partial charge in [0, 0.05) is 12.1 Å². The molecule has 186 valence electrons. The lowest BCUT2D eigenvalue weighted by Gasteiger charge is -2.33. The molecule has 1 saturated heterocycles. The summed E-state index contributed by atoms with van der Waals surface area (Å²) in [6.45, 7) is 3.09. The fourth-order valence-electron chi connectivity index (χ4n) is 3.92. The van der Waals surface area contributed by atoms with Crippen LogP contribution >= 0.6 is 12.6 Å². The molecule has 0 N–H and O–H groups in total. The van der Waals surface area contributed by atoms with Crippen molar-refractivity contribution >= 4 is 35.9 Å². The molecular weight excluding hydrogens is 488 g/mol. The van der Waals surface area contributed by atoms with E-state index in [-0.39, 0.29) is 24.2 Å². The summed E-state index contributed by atoms with van der Waals surface area (Å²) in [5.74, 6) is -1.54. The predicted molar refractivity (Wildman–Crippen MR) is 122 cm³/mol. The number of rotatable bonds is 6. The van der Waals surface area contributed by atoms with Gasteiger partial charge in [-0.05, 0) is 50.5 Å². The highest BCUT2D eigenvalue weighted by atomic mass is 32.1. The van der Waals surface area contributed by atoms with E-state index in [9.17, 15) is 27.2 Å². The number of hydrogen-bond donors (Lipinski definition) is 1. The van der Waals surface area contributed by atoms with Gasteiger partial charge >= 0.3 is 12.1 Å². The number of hydrogen-bond acceptors (Lipinski definition) is 7. The Bertz CT molecular complexity index is 1200. The molecule has 35 heavy (non-hydrogen) atoms. The van der Waals surface area contributed by atoms with Gasteiger partial charge in [-0.3, -0.25) is 14.5 Å². The Labute approximate surface area is 204 Å². The Morgan fingerprint density at radius 3 is 2.54 bits per heavy atom. The SMILES string of the molecule is COC(=O)CCCc1ccc(N2C(S)N(c3cnc(C#N)c(C(F)(F)F)c3)C(=O)C2(C)C)cc1F. The summed E-state index contributed by atoms with van der Waals surface area (Å²) in [6, 6.07) is 6.40. The number of amides is 1. The molecule has 0 radical (unpaired) electrons. The molecular formula is C23H22F4N4O3S. The molecule has 3 rings (SSSR count). The van der Waals surface area contributed by atoms with E-state index in [1.165, 1.54) is 30.2 Å². The first-order valence-corrected chi connectivity index (χ1v) is 11.0. The van der Waals surface area contributed by atoms with E-state index in [4.69, 9.17) is 5.26 Å². The third kappa shape index (κ3) is 5.05. The van der Waals surface area contributed by atoms with Crippen LogP contribution in [0.2, 0.25) is 0 Å². The van der Waals surface area contributed by atoms with E-state index in [0.29, 0.717) is 18.1 Å². The van der Waals surface area contributed by atoms with Crippen LogP contribution in [-0.4, -0.2) is 35.0 Å². The zero-order valence-electron chi connectivity index (χ0n) is 19.1. The smallest absolute Gasteiger partial charge is 0.419 e. The summed E-state index contributed by atoms with van der Waals surface area (Å²) in [5, 5.41) is 8.98. The lowest BCUT2D eigenvalue weighted by Crippen LogP contribution is -2.45. The van der Waals surface area contributed by atoms with Crippen LogP contribution in [0.15, 0.2) is 30.5 Å². The fourth-order valence-corrected chi connectivity index (χ4v) is 4.58. The van der Waals surface area contributed by atoms with E-state index in [1.54, 1.807) is 19.9 Å². The summed E-state index contributed by atoms with van der Waals surface area (Å²) in [4.78, 5) is 30.6. The van der Waals surface area contributed by atoms with E-state index >= 15 is 0 Å². The number of pyridine rings is 1. The number of nitriles is 1. The number of carbonyl (C=O) groups excluding carboxylic acids is 2. The zero-order valence-corrected chi connectivity index (χ0v) is 20.0. The fraction of sp³-hybridized carbons (Fsp3) is 0.391. The van der Waals surface area contributed by atoms with Gasteiger partial charge in [0.15, 0.2) is 11.2 Å². The van der Waals surface area contributed by atoms with Crippen LogP contribution in [0.3, 0.4) is 0 Å². The molecule has 2 heterocycles. The van der Waals surface area contributed by atoms with Gasteiger partial charge in [0.2, 0.25) is 0 Å². The standard InChI is InChI=1S/C23H22F4N4O3S/c1-22(2)20(33)30(15-9-16(23(25,26)27)18(11-28)29-12-15)21(35)31(22)14-8-7-13(17(24)10-14)5-4-6-19(32)34-3/h7-10,12,21,35H,4-6H2,1-3H3. The second kappa shape index (κ2) is 9.73. The maximum Gasteiger partial charge on any atom is 0.419 e. The Morgan fingerprint density at radius 2 is 1.97 bits per heavy atom. The molecule has 1 aromatic carbocycles. The highest BCUT2D eigenvalue weighted by Crippen LogP contribution is 2.42. The molecule has 2 aromatic rings. The third-order valence-electron chi connectivity index (χ3n) is 5.74. The number of methoxy groups -OCH3 is 1. The quantitative estimate of drug-likeness (QED) is 0.351. The summed E-state index contributed by atoms with van der Waals surface area (Å²) >= 11 is 4.47. The lowest BCUT2D eigenvalue weighted by atomic mass is 10.0. The number of ether oxygens (including phenoxy) is 1. The van der Waals surface area contributed by atoms with E-state index in [1.807, 2.05) is 0 Å². The van der Waals surface area contributed by atoms with Gasteiger partial charge in [0.1, 0.15) is 17.4 Å². The number of esters is 1. The minimum atomic E-state index is -4.86. The predicted octanol–water partition coefficient (Wildman–Crippen LogP) is 4.45. The highest BCUT2D eigenvalue weighted by Gasteiger charge is 2.52. The highest BCUT2D eigenvalue weighted by molar-refractivity contribution is 7.81. The number of aryl methyl sites for hydroxylation is 1. The van der Waals surface area contributed by atoms with Crippen LogP contribution in [0.1, 0.15) is 43.5 Å². The summed E-state index contributed by atoms with van der Waals surface area (Å²) in [7, 11) is 1.27.